The van der Waals surface area contributed by atoms with Crippen LogP contribution in [0.15, 0.2) is 36.4 Å². The lowest BCUT2D eigenvalue weighted by Crippen LogP contribution is -2.08. The molecule has 0 aromatic heterocycles. The Labute approximate surface area is 119 Å². The smallest absolute Gasteiger partial charge is 0.398 e. The molecule has 6 heteroatoms. The van der Waals surface area contributed by atoms with Gasteiger partial charge in [0.15, 0.2) is 0 Å². The van der Waals surface area contributed by atoms with Crippen LogP contribution in [0.2, 0.25) is 0 Å². The summed E-state index contributed by atoms with van der Waals surface area (Å²) in [5.41, 5.74) is 6.44. The van der Waals surface area contributed by atoms with Gasteiger partial charge in [0.25, 0.3) is 0 Å². The van der Waals surface area contributed by atoms with Gasteiger partial charge in [-0.1, -0.05) is 6.07 Å². The number of nitrogens with zero attached hydrogens (tertiary/aromatic N) is 1. The summed E-state index contributed by atoms with van der Waals surface area (Å²) in [4.78, 5) is 0. The average Bonchev–Trinajstić information content (AvgIpc) is 2.42. The summed E-state index contributed by atoms with van der Waals surface area (Å²) in [6, 6.07) is 10.5. The van der Waals surface area contributed by atoms with Crippen LogP contribution < -0.4 is 11.1 Å². The molecular formula is C15H12F3N3. The fourth-order valence-electron chi connectivity index (χ4n) is 1.90. The molecule has 2 rings (SSSR count). The number of anilines is 3. The second-order valence-corrected chi connectivity index (χ2v) is 4.57. The summed E-state index contributed by atoms with van der Waals surface area (Å²) in [7, 11) is 0. The summed E-state index contributed by atoms with van der Waals surface area (Å²) >= 11 is 0. The predicted octanol–water partition coefficient (Wildman–Crippen LogP) is 4.21. The first kappa shape index (κ1) is 14.7. The minimum atomic E-state index is -4.40. The number of hydrogen-bond acceptors (Lipinski definition) is 3. The number of rotatable bonds is 2. The second-order valence-electron chi connectivity index (χ2n) is 4.57. The highest BCUT2D eigenvalue weighted by molar-refractivity contribution is 5.67. The number of alkyl halides is 3. The van der Waals surface area contributed by atoms with Gasteiger partial charge in [-0.2, -0.15) is 18.4 Å². The van der Waals surface area contributed by atoms with E-state index in [1.54, 1.807) is 12.1 Å². The predicted molar refractivity (Wildman–Crippen MR) is 75.0 cm³/mol. The highest BCUT2D eigenvalue weighted by atomic mass is 19.4. The second kappa shape index (κ2) is 5.37. The van der Waals surface area contributed by atoms with Crippen molar-refractivity contribution >= 4 is 17.1 Å². The lowest BCUT2D eigenvalue weighted by atomic mass is 10.1. The van der Waals surface area contributed by atoms with E-state index < -0.39 is 11.7 Å². The monoisotopic (exact) mass is 291 g/mol. The Morgan fingerprint density at radius 2 is 1.71 bits per heavy atom. The Bertz CT molecular complexity index is 715. The first-order valence-corrected chi connectivity index (χ1v) is 6.06. The van der Waals surface area contributed by atoms with Gasteiger partial charge in [-0.15, -0.1) is 0 Å². The van der Waals surface area contributed by atoms with Crippen LogP contribution in [0.3, 0.4) is 0 Å². The van der Waals surface area contributed by atoms with E-state index in [0.29, 0.717) is 17.1 Å². The van der Waals surface area contributed by atoms with E-state index in [2.05, 4.69) is 5.32 Å². The number of nitriles is 1. The number of halogens is 3. The molecule has 2 aromatic carbocycles. The highest BCUT2D eigenvalue weighted by Gasteiger charge is 2.32. The van der Waals surface area contributed by atoms with E-state index >= 15 is 0 Å². The van der Waals surface area contributed by atoms with Crippen molar-refractivity contribution in [2.24, 2.45) is 0 Å². The van der Waals surface area contributed by atoms with Crippen molar-refractivity contribution < 1.29 is 13.2 Å². The fraction of sp³-hybridized carbons (Fsp3) is 0.133. The van der Waals surface area contributed by atoms with Crippen molar-refractivity contribution in [1.82, 2.24) is 0 Å². The molecule has 3 nitrogen and oxygen atoms in total. The Morgan fingerprint density at radius 3 is 2.33 bits per heavy atom. The topological polar surface area (TPSA) is 61.8 Å². The largest absolute Gasteiger partial charge is 0.416 e. The van der Waals surface area contributed by atoms with Crippen LogP contribution in [-0.2, 0) is 6.18 Å². The molecule has 0 bridgehead atoms. The van der Waals surface area contributed by atoms with E-state index in [1.165, 1.54) is 25.1 Å². The third kappa shape index (κ3) is 3.26. The van der Waals surface area contributed by atoms with Crippen LogP contribution >= 0.6 is 0 Å². The summed E-state index contributed by atoms with van der Waals surface area (Å²) in [5.74, 6) is 0. The average molecular weight is 291 g/mol. The molecule has 0 aliphatic heterocycles. The van der Waals surface area contributed by atoms with Crippen LogP contribution in [-0.4, -0.2) is 0 Å². The molecular weight excluding hydrogens is 279 g/mol. The summed E-state index contributed by atoms with van der Waals surface area (Å²) in [6.45, 7) is 1.41. The number of nitrogens with one attached hydrogen (secondary N) is 1. The molecule has 108 valence electrons. The van der Waals surface area contributed by atoms with Crippen molar-refractivity contribution in [2.75, 3.05) is 11.1 Å². The van der Waals surface area contributed by atoms with Crippen molar-refractivity contribution in [1.29, 1.82) is 5.26 Å². The number of aryl methyl sites for hydroxylation is 1. The molecule has 0 fully saturated rings. The van der Waals surface area contributed by atoms with Gasteiger partial charge in [0.05, 0.1) is 11.1 Å². The Morgan fingerprint density at radius 1 is 1.10 bits per heavy atom. The number of nitrogen functional groups attached to an aromatic ring is 1. The lowest BCUT2D eigenvalue weighted by Gasteiger charge is -2.13. The molecule has 0 saturated carbocycles. The van der Waals surface area contributed by atoms with Crippen LogP contribution in [0.5, 0.6) is 0 Å². The van der Waals surface area contributed by atoms with Crippen molar-refractivity contribution in [2.45, 2.75) is 13.1 Å². The van der Waals surface area contributed by atoms with Crippen LogP contribution in [0.25, 0.3) is 0 Å². The molecule has 0 unspecified atom stereocenters. The molecule has 2 aromatic rings. The van der Waals surface area contributed by atoms with Crippen LogP contribution in [0, 0.1) is 18.3 Å². The molecule has 0 atom stereocenters. The van der Waals surface area contributed by atoms with Gasteiger partial charge in [-0.25, -0.2) is 0 Å². The SMILES string of the molecule is Cc1ccc(Nc2ccc(N)c(C#N)c2)cc1C(F)(F)F. The zero-order chi connectivity index (χ0) is 15.6. The van der Waals surface area contributed by atoms with Crippen LogP contribution in [0.4, 0.5) is 30.2 Å². The molecule has 0 aliphatic rings. The fourth-order valence-corrected chi connectivity index (χ4v) is 1.90. The van der Waals surface area contributed by atoms with E-state index in [1.807, 2.05) is 6.07 Å². The van der Waals surface area contributed by atoms with Gasteiger partial charge in [0, 0.05) is 17.1 Å². The molecule has 0 saturated heterocycles. The molecule has 0 aliphatic carbocycles. The number of hydrogen-bond donors (Lipinski definition) is 2. The summed E-state index contributed by atoms with van der Waals surface area (Å²) < 4.78 is 38.6. The van der Waals surface area contributed by atoms with Gasteiger partial charge < -0.3 is 11.1 Å². The van der Waals surface area contributed by atoms with Crippen molar-refractivity contribution in [3.63, 3.8) is 0 Å². The third-order valence-electron chi connectivity index (χ3n) is 3.01. The van der Waals surface area contributed by atoms with Gasteiger partial charge >= 0.3 is 6.18 Å². The summed E-state index contributed by atoms with van der Waals surface area (Å²) in [5, 5.41) is 11.7. The Kier molecular flexibility index (Phi) is 3.76. The van der Waals surface area contributed by atoms with E-state index in [-0.39, 0.29) is 11.1 Å². The van der Waals surface area contributed by atoms with E-state index in [9.17, 15) is 13.2 Å². The summed E-state index contributed by atoms with van der Waals surface area (Å²) in [6.07, 6.45) is -4.40. The molecule has 0 heterocycles. The molecule has 21 heavy (non-hydrogen) atoms. The zero-order valence-electron chi connectivity index (χ0n) is 11.1. The third-order valence-corrected chi connectivity index (χ3v) is 3.01. The van der Waals surface area contributed by atoms with Crippen molar-refractivity contribution in [3.8, 4) is 6.07 Å². The first-order valence-electron chi connectivity index (χ1n) is 6.06. The first-order chi connectivity index (χ1) is 9.81. The normalized spacial score (nSPS) is 11.0. The van der Waals surface area contributed by atoms with Gasteiger partial charge in [0.1, 0.15) is 6.07 Å². The lowest BCUT2D eigenvalue weighted by molar-refractivity contribution is -0.138. The quantitative estimate of drug-likeness (QED) is 0.815. The maximum absolute atomic E-state index is 12.9. The minimum absolute atomic E-state index is 0.156. The van der Waals surface area contributed by atoms with Crippen LogP contribution in [0.1, 0.15) is 16.7 Å². The molecule has 3 N–H and O–H groups in total. The van der Waals surface area contributed by atoms with E-state index in [4.69, 9.17) is 11.0 Å². The molecule has 0 spiro atoms. The molecule has 0 radical (unpaired) electrons. The standard InChI is InChI=1S/C15H12F3N3/c1-9-2-3-12(7-13(9)15(16,17)18)21-11-4-5-14(20)10(6-11)8-19/h2-7,21H,20H2,1H3. The number of nitrogens with two attached hydrogens (primary N) is 1. The molecule has 0 amide bonds. The number of benzene rings is 2. The van der Waals surface area contributed by atoms with Gasteiger partial charge in [0.2, 0.25) is 0 Å². The minimum Gasteiger partial charge on any atom is -0.398 e. The van der Waals surface area contributed by atoms with Gasteiger partial charge in [-0.05, 0) is 42.8 Å². The highest BCUT2D eigenvalue weighted by Crippen LogP contribution is 2.34. The Balaban J connectivity index is 2.35. The maximum Gasteiger partial charge on any atom is 0.416 e. The maximum atomic E-state index is 12.9. The van der Waals surface area contributed by atoms with Gasteiger partial charge in [-0.3, -0.25) is 0 Å². The Hall–Kier alpha value is -2.68. The van der Waals surface area contributed by atoms with E-state index in [0.717, 1.165) is 6.07 Å². The zero-order valence-corrected chi connectivity index (χ0v) is 11.1. The van der Waals surface area contributed by atoms with Crippen molar-refractivity contribution in [3.05, 3.63) is 53.1 Å².